The molecule has 4 rings (SSSR count). The summed E-state index contributed by atoms with van der Waals surface area (Å²) in [6.07, 6.45) is 0.216. The molecular formula is C30H28N4O5S2. The SMILES string of the molecule is CCOC(=O)Cc1csc(NC(=O)CCSc2nc(-c3ccccc3)cc(-c3cc(OC)ccc3OC)c2C#N)n1. The van der Waals surface area contributed by atoms with Crippen LogP contribution in [-0.2, 0) is 20.7 Å². The van der Waals surface area contributed by atoms with Crippen LogP contribution < -0.4 is 14.8 Å². The maximum Gasteiger partial charge on any atom is 0.311 e. The molecule has 2 heterocycles. The van der Waals surface area contributed by atoms with Crippen molar-refractivity contribution in [2.45, 2.75) is 24.8 Å². The number of nitrogens with one attached hydrogen (secondary N) is 1. The molecule has 0 bridgehead atoms. The van der Waals surface area contributed by atoms with Crippen LogP contribution >= 0.6 is 23.1 Å². The Labute approximate surface area is 246 Å². The van der Waals surface area contributed by atoms with Crippen LogP contribution in [0.1, 0.15) is 24.6 Å². The van der Waals surface area contributed by atoms with E-state index in [1.807, 2.05) is 42.5 Å². The molecule has 0 saturated heterocycles. The van der Waals surface area contributed by atoms with Crippen LogP contribution in [0.2, 0.25) is 0 Å². The molecular weight excluding hydrogens is 560 g/mol. The molecule has 2 aromatic heterocycles. The van der Waals surface area contributed by atoms with E-state index in [1.54, 1.807) is 38.7 Å². The summed E-state index contributed by atoms with van der Waals surface area (Å²) in [5.41, 5.74) is 3.85. The van der Waals surface area contributed by atoms with Crippen LogP contribution in [0.25, 0.3) is 22.4 Å². The Balaban J connectivity index is 1.56. The minimum absolute atomic E-state index is 0.0524. The summed E-state index contributed by atoms with van der Waals surface area (Å²) < 4.78 is 16.0. The van der Waals surface area contributed by atoms with Gasteiger partial charge in [-0.15, -0.1) is 23.1 Å². The highest BCUT2D eigenvalue weighted by atomic mass is 32.2. The normalized spacial score (nSPS) is 10.5. The fourth-order valence-corrected chi connectivity index (χ4v) is 5.63. The van der Waals surface area contributed by atoms with Crippen molar-refractivity contribution in [3.63, 3.8) is 0 Å². The summed E-state index contributed by atoms with van der Waals surface area (Å²) in [6, 6.07) is 19.3. The first-order chi connectivity index (χ1) is 19.9. The Kier molecular flexibility index (Phi) is 10.3. The molecule has 0 saturated carbocycles. The number of anilines is 1. The fraction of sp³-hybridized carbons (Fsp3) is 0.233. The molecule has 0 aliphatic heterocycles. The maximum absolute atomic E-state index is 12.7. The number of esters is 1. The van der Waals surface area contributed by atoms with Gasteiger partial charge in [0, 0.05) is 34.2 Å². The van der Waals surface area contributed by atoms with E-state index in [1.165, 1.54) is 23.1 Å². The first-order valence-corrected chi connectivity index (χ1v) is 14.6. The predicted octanol–water partition coefficient (Wildman–Crippen LogP) is 5.99. The highest BCUT2D eigenvalue weighted by Gasteiger charge is 2.20. The van der Waals surface area contributed by atoms with Crippen molar-refractivity contribution in [1.29, 1.82) is 5.26 Å². The monoisotopic (exact) mass is 588 g/mol. The quantitative estimate of drug-likeness (QED) is 0.157. The Bertz CT molecular complexity index is 1570. The van der Waals surface area contributed by atoms with Gasteiger partial charge < -0.3 is 19.5 Å². The van der Waals surface area contributed by atoms with E-state index in [-0.39, 0.29) is 24.7 Å². The van der Waals surface area contributed by atoms with Crippen LogP contribution in [0.4, 0.5) is 5.13 Å². The van der Waals surface area contributed by atoms with Crippen LogP contribution in [0, 0.1) is 11.3 Å². The molecule has 4 aromatic rings. The number of thiazole rings is 1. The largest absolute Gasteiger partial charge is 0.497 e. The zero-order valence-corrected chi connectivity index (χ0v) is 24.4. The van der Waals surface area contributed by atoms with Gasteiger partial charge >= 0.3 is 5.97 Å². The van der Waals surface area contributed by atoms with Gasteiger partial charge in [0.15, 0.2) is 5.13 Å². The molecule has 11 heteroatoms. The predicted molar refractivity (Wildman–Crippen MR) is 159 cm³/mol. The number of pyridine rings is 1. The Morgan fingerprint density at radius 1 is 1.05 bits per heavy atom. The second kappa shape index (κ2) is 14.3. The van der Waals surface area contributed by atoms with Gasteiger partial charge in [-0.05, 0) is 31.2 Å². The van der Waals surface area contributed by atoms with Gasteiger partial charge in [-0.2, -0.15) is 5.26 Å². The van der Waals surface area contributed by atoms with Crippen molar-refractivity contribution in [2.75, 3.05) is 31.9 Å². The third-order valence-electron chi connectivity index (χ3n) is 5.86. The van der Waals surface area contributed by atoms with Crippen molar-refractivity contribution >= 4 is 40.1 Å². The van der Waals surface area contributed by atoms with Gasteiger partial charge in [-0.3, -0.25) is 9.59 Å². The van der Waals surface area contributed by atoms with E-state index < -0.39 is 0 Å². The molecule has 0 fully saturated rings. The third-order valence-corrected chi connectivity index (χ3v) is 7.64. The van der Waals surface area contributed by atoms with Crippen molar-refractivity contribution in [3.05, 3.63) is 71.2 Å². The summed E-state index contributed by atoms with van der Waals surface area (Å²) in [4.78, 5) is 33.4. The highest BCUT2D eigenvalue weighted by Crippen LogP contribution is 2.40. The number of nitrogens with zero attached hydrogens (tertiary/aromatic N) is 3. The summed E-state index contributed by atoms with van der Waals surface area (Å²) in [7, 11) is 3.16. The van der Waals surface area contributed by atoms with Crippen molar-refractivity contribution in [2.24, 2.45) is 0 Å². The minimum Gasteiger partial charge on any atom is -0.497 e. The lowest BCUT2D eigenvalue weighted by Crippen LogP contribution is -2.12. The lowest BCUT2D eigenvalue weighted by atomic mass is 9.98. The van der Waals surface area contributed by atoms with Crippen LogP contribution in [0.3, 0.4) is 0 Å². The number of amides is 1. The van der Waals surface area contributed by atoms with E-state index in [2.05, 4.69) is 16.4 Å². The molecule has 0 radical (unpaired) electrons. The Morgan fingerprint density at radius 2 is 1.85 bits per heavy atom. The topological polar surface area (TPSA) is 123 Å². The summed E-state index contributed by atoms with van der Waals surface area (Å²) in [6.45, 7) is 2.04. The van der Waals surface area contributed by atoms with Gasteiger partial charge in [-0.25, -0.2) is 9.97 Å². The van der Waals surface area contributed by atoms with E-state index in [0.29, 0.717) is 62.1 Å². The molecule has 41 heavy (non-hydrogen) atoms. The van der Waals surface area contributed by atoms with Gasteiger partial charge in [0.2, 0.25) is 5.91 Å². The number of nitriles is 1. The van der Waals surface area contributed by atoms with Crippen molar-refractivity contribution in [1.82, 2.24) is 9.97 Å². The number of rotatable bonds is 12. The summed E-state index contributed by atoms with van der Waals surface area (Å²) >= 11 is 2.57. The zero-order chi connectivity index (χ0) is 29.2. The molecule has 2 aromatic carbocycles. The van der Waals surface area contributed by atoms with Gasteiger partial charge in [0.25, 0.3) is 0 Å². The molecule has 1 N–H and O–H groups in total. The number of thioether (sulfide) groups is 1. The average Bonchev–Trinajstić information content (AvgIpc) is 3.42. The van der Waals surface area contributed by atoms with Gasteiger partial charge in [0.1, 0.15) is 22.6 Å². The third kappa shape index (κ3) is 7.63. The van der Waals surface area contributed by atoms with E-state index in [9.17, 15) is 14.9 Å². The van der Waals surface area contributed by atoms with Crippen molar-refractivity contribution < 1.29 is 23.8 Å². The second-order valence-corrected chi connectivity index (χ2v) is 10.5. The Hall–Kier alpha value is -4.40. The minimum atomic E-state index is -0.364. The van der Waals surface area contributed by atoms with E-state index in [0.717, 1.165) is 5.56 Å². The summed E-state index contributed by atoms with van der Waals surface area (Å²) in [5, 5.41) is 15.6. The molecule has 0 aliphatic rings. The number of aromatic nitrogens is 2. The molecule has 0 aliphatic carbocycles. The van der Waals surface area contributed by atoms with E-state index in [4.69, 9.17) is 19.2 Å². The van der Waals surface area contributed by atoms with Crippen molar-refractivity contribution in [3.8, 4) is 40.0 Å². The number of carbonyl (C=O) groups is 2. The zero-order valence-electron chi connectivity index (χ0n) is 22.8. The standard InChI is InChI=1S/C30H28N4O5S2/c1-4-39-28(36)14-20-18-41-30(32-20)34-27(35)12-13-40-29-24(17-31)22(16-25(33-29)19-8-6-5-7-9-19)23-15-21(37-2)10-11-26(23)38-3/h5-11,15-16,18H,4,12-14H2,1-3H3,(H,32,34,35). The first kappa shape index (κ1) is 29.6. The fourth-order valence-electron chi connectivity index (χ4n) is 3.96. The summed E-state index contributed by atoms with van der Waals surface area (Å²) in [5.74, 6) is 0.995. The van der Waals surface area contributed by atoms with Crippen LogP contribution in [-0.4, -0.2) is 48.4 Å². The van der Waals surface area contributed by atoms with E-state index >= 15 is 0 Å². The number of carbonyl (C=O) groups excluding carboxylic acids is 2. The van der Waals surface area contributed by atoms with Crippen LogP contribution in [0.5, 0.6) is 11.5 Å². The highest BCUT2D eigenvalue weighted by molar-refractivity contribution is 7.99. The number of hydrogen-bond donors (Lipinski definition) is 1. The molecule has 0 spiro atoms. The molecule has 9 nitrogen and oxygen atoms in total. The molecule has 0 unspecified atom stereocenters. The maximum atomic E-state index is 12.7. The van der Waals surface area contributed by atoms with Gasteiger partial charge in [0.05, 0.1) is 44.2 Å². The number of benzene rings is 2. The smallest absolute Gasteiger partial charge is 0.311 e. The number of ether oxygens (including phenoxy) is 3. The number of methoxy groups -OCH3 is 2. The molecule has 210 valence electrons. The molecule has 0 atom stereocenters. The molecule has 1 amide bonds. The number of hydrogen-bond acceptors (Lipinski definition) is 10. The average molecular weight is 589 g/mol. The van der Waals surface area contributed by atoms with Crippen LogP contribution in [0.15, 0.2) is 65.0 Å². The Morgan fingerprint density at radius 3 is 2.56 bits per heavy atom. The van der Waals surface area contributed by atoms with Gasteiger partial charge in [-0.1, -0.05) is 30.3 Å². The lowest BCUT2D eigenvalue weighted by molar-refractivity contribution is -0.142. The lowest BCUT2D eigenvalue weighted by Gasteiger charge is -2.15. The first-order valence-electron chi connectivity index (χ1n) is 12.7. The second-order valence-electron chi connectivity index (χ2n) is 8.55.